The Morgan fingerprint density at radius 2 is 2.21 bits per heavy atom. The summed E-state index contributed by atoms with van der Waals surface area (Å²) < 4.78 is 13.4. The van der Waals surface area contributed by atoms with Crippen LogP contribution in [0.15, 0.2) is 18.2 Å². The van der Waals surface area contributed by atoms with E-state index in [1.165, 1.54) is 13.0 Å². The van der Waals surface area contributed by atoms with E-state index in [9.17, 15) is 9.18 Å². The number of hydrogen-bond donors (Lipinski definition) is 1. The van der Waals surface area contributed by atoms with Crippen molar-refractivity contribution < 1.29 is 9.18 Å². The Kier molecular flexibility index (Phi) is 2.23. The predicted octanol–water partition coefficient (Wildman–Crippen LogP) is 2.60. The lowest BCUT2D eigenvalue weighted by molar-refractivity contribution is 0.101. The van der Waals surface area contributed by atoms with Crippen molar-refractivity contribution in [3.63, 3.8) is 0 Å². The van der Waals surface area contributed by atoms with Crippen molar-refractivity contribution in [3.8, 4) is 0 Å². The Labute approximate surface area is 82.1 Å². The maximum atomic E-state index is 13.4. The third-order valence-electron chi connectivity index (χ3n) is 2.31. The standard InChI is InChI=1S/C11H12FNO/c1-7(14)8-2-5-11(10(12)6-8)13-9-3-4-9/h2,5-6,9,13H,3-4H2,1H3. The monoisotopic (exact) mass is 193 g/mol. The molecular formula is C11H12FNO. The molecule has 1 aromatic carbocycles. The van der Waals surface area contributed by atoms with Crippen LogP contribution < -0.4 is 5.32 Å². The molecule has 2 nitrogen and oxygen atoms in total. The molecule has 0 heterocycles. The Hall–Kier alpha value is -1.38. The number of nitrogens with one attached hydrogen (secondary N) is 1. The van der Waals surface area contributed by atoms with Crippen LogP contribution in [0.2, 0.25) is 0 Å². The number of carbonyl (C=O) groups is 1. The number of Topliss-reactive ketones (excluding diaryl/α,β-unsaturated/α-hetero) is 1. The number of ketones is 1. The first kappa shape index (κ1) is 9.19. The van der Waals surface area contributed by atoms with Gasteiger partial charge in [-0.3, -0.25) is 4.79 Å². The van der Waals surface area contributed by atoms with E-state index < -0.39 is 0 Å². The average Bonchev–Trinajstić information content (AvgIpc) is 2.92. The molecule has 0 bridgehead atoms. The van der Waals surface area contributed by atoms with Crippen LogP contribution >= 0.6 is 0 Å². The molecule has 0 aromatic heterocycles. The maximum Gasteiger partial charge on any atom is 0.159 e. The molecule has 0 spiro atoms. The Balaban J connectivity index is 2.21. The average molecular weight is 193 g/mol. The summed E-state index contributed by atoms with van der Waals surface area (Å²) in [5, 5.41) is 3.06. The molecule has 14 heavy (non-hydrogen) atoms. The minimum atomic E-state index is -0.343. The molecular weight excluding hydrogens is 181 g/mol. The van der Waals surface area contributed by atoms with Gasteiger partial charge in [-0.15, -0.1) is 0 Å². The van der Waals surface area contributed by atoms with E-state index in [0.717, 1.165) is 12.8 Å². The molecule has 1 aromatic rings. The molecule has 0 aliphatic heterocycles. The molecule has 74 valence electrons. The summed E-state index contributed by atoms with van der Waals surface area (Å²) in [6.07, 6.45) is 2.21. The van der Waals surface area contributed by atoms with E-state index in [2.05, 4.69) is 5.32 Å². The zero-order valence-corrected chi connectivity index (χ0v) is 8.01. The summed E-state index contributed by atoms with van der Waals surface area (Å²) in [5.41, 5.74) is 0.918. The summed E-state index contributed by atoms with van der Waals surface area (Å²) in [4.78, 5) is 11.0. The largest absolute Gasteiger partial charge is 0.380 e. The predicted molar refractivity (Wildman–Crippen MR) is 53.0 cm³/mol. The first-order valence-electron chi connectivity index (χ1n) is 4.74. The van der Waals surface area contributed by atoms with Crippen molar-refractivity contribution in [2.24, 2.45) is 0 Å². The minimum Gasteiger partial charge on any atom is -0.380 e. The Bertz CT molecular complexity index is 372. The van der Waals surface area contributed by atoms with E-state index in [1.54, 1.807) is 12.1 Å². The zero-order chi connectivity index (χ0) is 10.1. The molecule has 0 amide bonds. The fraction of sp³-hybridized carbons (Fsp3) is 0.364. The van der Waals surface area contributed by atoms with Crippen molar-refractivity contribution >= 4 is 11.5 Å². The molecule has 1 saturated carbocycles. The van der Waals surface area contributed by atoms with Crippen LogP contribution in [0, 0.1) is 5.82 Å². The first-order chi connectivity index (χ1) is 6.66. The van der Waals surface area contributed by atoms with E-state index >= 15 is 0 Å². The fourth-order valence-corrected chi connectivity index (χ4v) is 1.30. The highest BCUT2D eigenvalue weighted by Gasteiger charge is 2.22. The van der Waals surface area contributed by atoms with Crippen LogP contribution in [-0.2, 0) is 0 Å². The smallest absolute Gasteiger partial charge is 0.159 e. The lowest BCUT2D eigenvalue weighted by atomic mass is 10.1. The highest BCUT2D eigenvalue weighted by molar-refractivity contribution is 5.94. The fourth-order valence-electron chi connectivity index (χ4n) is 1.30. The number of carbonyl (C=O) groups excluding carboxylic acids is 1. The SMILES string of the molecule is CC(=O)c1ccc(NC2CC2)c(F)c1. The van der Waals surface area contributed by atoms with Crippen LogP contribution in [0.5, 0.6) is 0 Å². The van der Waals surface area contributed by atoms with Gasteiger partial charge in [0.15, 0.2) is 5.78 Å². The summed E-state index contributed by atoms with van der Waals surface area (Å²) in [6.45, 7) is 1.43. The number of halogens is 1. The zero-order valence-electron chi connectivity index (χ0n) is 8.01. The molecule has 0 atom stereocenters. The van der Waals surface area contributed by atoms with Gasteiger partial charge in [-0.2, -0.15) is 0 Å². The normalized spacial score (nSPS) is 15.3. The minimum absolute atomic E-state index is 0.109. The summed E-state index contributed by atoms with van der Waals surface area (Å²) in [5.74, 6) is -0.452. The number of anilines is 1. The van der Waals surface area contributed by atoms with Gasteiger partial charge in [0.25, 0.3) is 0 Å². The van der Waals surface area contributed by atoms with Gasteiger partial charge in [0.2, 0.25) is 0 Å². The second kappa shape index (κ2) is 3.40. The van der Waals surface area contributed by atoms with Crippen LogP contribution in [0.3, 0.4) is 0 Å². The Morgan fingerprint density at radius 1 is 1.50 bits per heavy atom. The number of benzene rings is 1. The number of rotatable bonds is 3. The molecule has 0 saturated heterocycles. The van der Waals surface area contributed by atoms with E-state index in [-0.39, 0.29) is 11.6 Å². The van der Waals surface area contributed by atoms with Crippen molar-refractivity contribution in [1.29, 1.82) is 0 Å². The van der Waals surface area contributed by atoms with Crippen molar-refractivity contribution in [3.05, 3.63) is 29.6 Å². The lowest BCUT2D eigenvalue weighted by Gasteiger charge is -2.06. The summed E-state index contributed by atoms with van der Waals surface area (Å²) >= 11 is 0. The Morgan fingerprint density at radius 3 is 2.71 bits per heavy atom. The second-order valence-electron chi connectivity index (χ2n) is 3.67. The van der Waals surface area contributed by atoms with Crippen molar-refractivity contribution in [2.45, 2.75) is 25.8 Å². The molecule has 1 N–H and O–H groups in total. The van der Waals surface area contributed by atoms with E-state index in [4.69, 9.17) is 0 Å². The first-order valence-corrected chi connectivity index (χ1v) is 4.74. The maximum absolute atomic E-state index is 13.4. The molecule has 1 aliphatic rings. The molecule has 1 fully saturated rings. The summed E-state index contributed by atoms with van der Waals surface area (Å²) in [7, 11) is 0. The van der Waals surface area contributed by atoms with Crippen LogP contribution in [0.25, 0.3) is 0 Å². The molecule has 0 unspecified atom stereocenters. The highest BCUT2D eigenvalue weighted by atomic mass is 19.1. The van der Waals surface area contributed by atoms with Crippen LogP contribution in [0.1, 0.15) is 30.1 Å². The van der Waals surface area contributed by atoms with E-state index in [1.807, 2.05) is 0 Å². The molecule has 1 aliphatic carbocycles. The highest BCUT2D eigenvalue weighted by Crippen LogP contribution is 2.26. The quantitative estimate of drug-likeness (QED) is 0.747. The van der Waals surface area contributed by atoms with E-state index in [0.29, 0.717) is 17.3 Å². The van der Waals surface area contributed by atoms with Gasteiger partial charge >= 0.3 is 0 Å². The topological polar surface area (TPSA) is 29.1 Å². The third kappa shape index (κ3) is 1.92. The van der Waals surface area contributed by atoms with Crippen LogP contribution in [0.4, 0.5) is 10.1 Å². The number of hydrogen-bond acceptors (Lipinski definition) is 2. The van der Waals surface area contributed by atoms with Gasteiger partial charge in [0.1, 0.15) is 5.82 Å². The third-order valence-corrected chi connectivity index (χ3v) is 2.31. The van der Waals surface area contributed by atoms with Gasteiger partial charge in [-0.1, -0.05) is 0 Å². The van der Waals surface area contributed by atoms with Gasteiger partial charge < -0.3 is 5.32 Å². The van der Waals surface area contributed by atoms with Crippen molar-refractivity contribution in [1.82, 2.24) is 0 Å². The summed E-state index contributed by atoms with van der Waals surface area (Å²) in [6, 6.07) is 4.99. The van der Waals surface area contributed by atoms with Crippen LogP contribution in [-0.4, -0.2) is 11.8 Å². The molecule has 0 radical (unpaired) electrons. The van der Waals surface area contributed by atoms with Crippen molar-refractivity contribution in [2.75, 3.05) is 5.32 Å². The molecule has 3 heteroatoms. The van der Waals surface area contributed by atoms with Gasteiger partial charge in [0, 0.05) is 11.6 Å². The lowest BCUT2D eigenvalue weighted by Crippen LogP contribution is -2.04. The van der Waals surface area contributed by atoms with Gasteiger partial charge in [0.05, 0.1) is 5.69 Å². The van der Waals surface area contributed by atoms with Gasteiger partial charge in [-0.25, -0.2) is 4.39 Å². The second-order valence-corrected chi connectivity index (χ2v) is 3.67. The van der Waals surface area contributed by atoms with Gasteiger partial charge in [-0.05, 0) is 38.0 Å². The molecule has 2 rings (SSSR count).